The van der Waals surface area contributed by atoms with Crippen LogP contribution in [0.2, 0.25) is 0 Å². The molecule has 2 aliphatic heterocycles. The third kappa shape index (κ3) is 9.93. The highest BCUT2D eigenvalue weighted by Gasteiger charge is 2.42. The van der Waals surface area contributed by atoms with Crippen molar-refractivity contribution in [1.82, 2.24) is 10.2 Å². The summed E-state index contributed by atoms with van der Waals surface area (Å²) < 4.78 is 5.49. The van der Waals surface area contributed by atoms with Crippen LogP contribution in [0.4, 0.5) is 0 Å². The van der Waals surface area contributed by atoms with E-state index in [4.69, 9.17) is 4.74 Å². The van der Waals surface area contributed by atoms with Gasteiger partial charge in [-0.2, -0.15) is 11.8 Å². The predicted molar refractivity (Wildman–Crippen MR) is 151 cm³/mol. The number of β-amino-alcohol motifs (C(OH)–C–C–N with tert-alkyl or cyclic N) is 1. The second-order valence-electron chi connectivity index (χ2n) is 10.0. The zero-order chi connectivity index (χ0) is 27.3. The molecular weight excluding hydrogens is 524 g/mol. The number of carbonyl (C=O) groups excluding carboxylic acids is 4. The van der Waals surface area contributed by atoms with Crippen molar-refractivity contribution in [1.29, 1.82) is 0 Å². The number of nitrogens with zero attached hydrogens (tertiary/aromatic N) is 1. The van der Waals surface area contributed by atoms with Gasteiger partial charge < -0.3 is 20.1 Å². The zero-order valence-corrected chi connectivity index (χ0v) is 23.8. The maximum absolute atomic E-state index is 13.7. The second kappa shape index (κ2) is 16.2. The first-order valence-corrected chi connectivity index (χ1v) is 15.7. The van der Waals surface area contributed by atoms with E-state index in [0.717, 1.165) is 61.6 Å². The summed E-state index contributed by atoms with van der Waals surface area (Å²) in [6, 6.07) is 7.56. The van der Waals surface area contributed by atoms with E-state index in [9.17, 15) is 24.3 Å². The molecule has 0 bridgehead atoms. The fourth-order valence-corrected chi connectivity index (χ4v) is 6.57. The normalized spacial score (nSPS) is 25.7. The molecule has 2 heterocycles. The van der Waals surface area contributed by atoms with Crippen molar-refractivity contribution in [2.45, 2.75) is 83.1 Å². The molecule has 2 fully saturated rings. The summed E-state index contributed by atoms with van der Waals surface area (Å²) in [5, 5.41) is 13.3. The summed E-state index contributed by atoms with van der Waals surface area (Å²) in [7, 11) is 0. The SMILES string of the molecule is CC(=O)SC[C@H]1CCCCCCCCSC[C@H](C(=O)N2CC(O)C[C@H]2C(=O)OCc2ccccc2)NC1=O. The lowest BCUT2D eigenvalue weighted by Gasteiger charge is -2.29. The number of amides is 2. The van der Waals surface area contributed by atoms with Gasteiger partial charge in [0.25, 0.3) is 0 Å². The lowest BCUT2D eigenvalue weighted by Crippen LogP contribution is -2.54. The highest BCUT2D eigenvalue weighted by atomic mass is 32.2. The maximum atomic E-state index is 13.7. The number of hydrogen-bond acceptors (Lipinski definition) is 8. The fourth-order valence-electron chi connectivity index (χ4n) is 4.78. The third-order valence-corrected chi connectivity index (χ3v) is 9.03. The van der Waals surface area contributed by atoms with Crippen molar-refractivity contribution < 1.29 is 29.0 Å². The lowest BCUT2D eigenvalue weighted by atomic mass is 10.0. The highest BCUT2D eigenvalue weighted by Crippen LogP contribution is 2.24. The number of nitrogens with one attached hydrogen (secondary N) is 1. The predicted octanol–water partition coefficient (Wildman–Crippen LogP) is 3.55. The molecule has 2 amide bonds. The number of benzene rings is 1. The van der Waals surface area contributed by atoms with Crippen LogP contribution in [0.1, 0.15) is 63.9 Å². The molecule has 0 saturated carbocycles. The van der Waals surface area contributed by atoms with E-state index in [1.54, 1.807) is 11.8 Å². The lowest BCUT2D eigenvalue weighted by molar-refractivity contribution is -0.155. The Kier molecular flexibility index (Phi) is 13.0. The van der Waals surface area contributed by atoms with E-state index in [0.29, 0.717) is 17.9 Å². The Labute approximate surface area is 234 Å². The average Bonchev–Trinajstić information content (AvgIpc) is 3.30. The molecule has 0 radical (unpaired) electrons. The molecule has 2 N–H and O–H groups in total. The molecule has 0 spiro atoms. The monoisotopic (exact) mass is 564 g/mol. The Morgan fingerprint density at radius 1 is 1.11 bits per heavy atom. The van der Waals surface area contributed by atoms with Gasteiger partial charge in [0.1, 0.15) is 18.7 Å². The number of esters is 1. The first kappa shape index (κ1) is 30.5. The Balaban J connectivity index is 1.71. The first-order chi connectivity index (χ1) is 18.3. The van der Waals surface area contributed by atoms with E-state index < -0.39 is 24.2 Å². The summed E-state index contributed by atoms with van der Waals surface area (Å²) in [4.78, 5) is 52.9. The molecule has 1 unspecified atom stereocenters. The van der Waals surface area contributed by atoms with E-state index in [1.807, 2.05) is 30.3 Å². The summed E-state index contributed by atoms with van der Waals surface area (Å²) >= 11 is 2.75. The molecular formula is C28H40N2O6S2. The van der Waals surface area contributed by atoms with Gasteiger partial charge in [-0.05, 0) is 24.2 Å². The minimum absolute atomic E-state index is 0.0184. The topological polar surface area (TPSA) is 113 Å². The maximum Gasteiger partial charge on any atom is 0.329 e. The Hall–Kier alpha value is -2.04. The molecule has 10 heteroatoms. The minimum atomic E-state index is -0.903. The zero-order valence-electron chi connectivity index (χ0n) is 22.1. The largest absolute Gasteiger partial charge is 0.459 e. The number of likely N-dealkylation sites (tertiary alicyclic amines) is 1. The fraction of sp³-hybridized carbons (Fsp3) is 0.643. The highest BCUT2D eigenvalue weighted by molar-refractivity contribution is 8.13. The molecule has 0 aromatic heterocycles. The van der Waals surface area contributed by atoms with E-state index >= 15 is 0 Å². The number of carbonyl (C=O) groups is 4. The molecule has 210 valence electrons. The van der Waals surface area contributed by atoms with Crippen LogP contribution in [0.3, 0.4) is 0 Å². The number of thioether (sulfide) groups is 2. The number of rotatable bonds is 6. The van der Waals surface area contributed by atoms with Crippen LogP contribution in [-0.2, 0) is 30.5 Å². The van der Waals surface area contributed by atoms with Gasteiger partial charge in [-0.1, -0.05) is 74.2 Å². The van der Waals surface area contributed by atoms with Gasteiger partial charge in [-0.15, -0.1) is 0 Å². The third-order valence-electron chi connectivity index (χ3n) is 6.91. The van der Waals surface area contributed by atoms with Crippen LogP contribution < -0.4 is 5.32 Å². The van der Waals surface area contributed by atoms with Crippen LogP contribution in [0, 0.1) is 5.92 Å². The molecule has 4 atom stereocenters. The quantitative estimate of drug-likeness (QED) is 0.505. The van der Waals surface area contributed by atoms with Crippen molar-refractivity contribution in [2.24, 2.45) is 5.92 Å². The van der Waals surface area contributed by atoms with Gasteiger partial charge in [-0.3, -0.25) is 14.4 Å². The van der Waals surface area contributed by atoms with Gasteiger partial charge in [0.15, 0.2) is 5.12 Å². The van der Waals surface area contributed by atoms with Crippen molar-refractivity contribution in [3.8, 4) is 0 Å². The van der Waals surface area contributed by atoms with Crippen LogP contribution in [0.15, 0.2) is 30.3 Å². The van der Waals surface area contributed by atoms with Crippen LogP contribution in [0.5, 0.6) is 0 Å². The first-order valence-electron chi connectivity index (χ1n) is 13.6. The number of hydrogen-bond donors (Lipinski definition) is 2. The Morgan fingerprint density at radius 3 is 2.55 bits per heavy atom. The summed E-state index contributed by atoms with van der Waals surface area (Å²) in [5.74, 6) is 0.0971. The summed E-state index contributed by atoms with van der Waals surface area (Å²) in [6.45, 7) is 1.59. The van der Waals surface area contributed by atoms with Gasteiger partial charge in [0, 0.05) is 37.3 Å². The van der Waals surface area contributed by atoms with E-state index in [-0.39, 0.29) is 42.4 Å². The molecule has 2 saturated heterocycles. The number of aliphatic hydroxyl groups excluding tert-OH is 1. The average molecular weight is 565 g/mol. The molecule has 8 nitrogen and oxygen atoms in total. The second-order valence-corrected chi connectivity index (χ2v) is 12.4. The van der Waals surface area contributed by atoms with Crippen molar-refractivity contribution in [3.05, 3.63) is 35.9 Å². The van der Waals surface area contributed by atoms with Gasteiger partial charge in [-0.25, -0.2) is 4.79 Å². The molecule has 3 rings (SSSR count). The van der Waals surface area contributed by atoms with Crippen LogP contribution in [-0.4, -0.2) is 74.9 Å². The Morgan fingerprint density at radius 2 is 1.82 bits per heavy atom. The van der Waals surface area contributed by atoms with Crippen LogP contribution in [0.25, 0.3) is 0 Å². The molecule has 38 heavy (non-hydrogen) atoms. The van der Waals surface area contributed by atoms with E-state index in [1.165, 1.54) is 11.8 Å². The van der Waals surface area contributed by atoms with Gasteiger partial charge in [0.05, 0.1) is 6.10 Å². The molecule has 1 aromatic carbocycles. The van der Waals surface area contributed by atoms with Crippen LogP contribution >= 0.6 is 23.5 Å². The molecule has 2 aliphatic rings. The van der Waals surface area contributed by atoms with Gasteiger partial charge in [0.2, 0.25) is 11.8 Å². The smallest absolute Gasteiger partial charge is 0.329 e. The standard InChI is InChI=1S/C28H40N2O6S2/c1-20(31)38-18-22-13-9-4-2-3-5-10-14-37-19-24(29-26(22)33)27(34)30-16-23(32)15-25(30)28(35)36-17-21-11-7-6-8-12-21/h6-8,11-12,22-25,32H,2-5,9-10,13-19H2,1H3,(H,29,33)/t22-,23?,24-,25+/m1/s1. The number of ether oxygens (including phenoxy) is 1. The summed E-state index contributed by atoms with van der Waals surface area (Å²) in [6.07, 6.45) is 6.35. The van der Waals surface area contributed by atoms with Crippen molar-refractivity contribution in [3.63, 3.8) is 0 Å². The Bertz CT molecular complexity index is 931. The molecule has 0 aliphatic carbocycles. The number of aliphatic hydroxyl groups is 1. The van der Waals surface area contributed by atoms with Crippen molar-refractivity contribution in [2.75, 3.05) is 23.8 Å². The molecule has 1 aromatic rings. The van der Waals surface area contributed by atoms with Crippen molar-refractivity contribution >= 4 is 46.4 Å². The summed E-state index contributed by atoms with van der Waals surface area (Å²) in [5.41, 5.74) is 0.835. The van der Waals surface area contributed by atoms with E-state index in [2.05, 4.69) is 5.32 Å². The van der Waals surface area contributed by atoms with Gasteiger partial charge >= 0.3 is 5.97 Å². The minimum Gasteiger partial charge on any atom is -0.459 e.